The van der Waals surface area contributed by atoms with E-state index in [2.05, 4.69) is 10.3 Å². The highest BCUT2D eigenvalue weighted by Crippen LogP contribution is 2.34. The van der Waals surface area contributed by atoms with E-state index in [0.717, 1.165) is 16.6 Å². The fourth-order valence-electron chi connectivity index (χ4n) is 2.93. The second-order valence-electron chi connectivity index (χ2n) is 6.50. The number of para-hydroxylation sites is 2. The van der Waals surface area contributed by atoms with Gasteiger partial charge in [0, 0.05) is 17.3 Å². The number of hydrogen-bond donors (Lipinski definition) is 1. The molecule has 0 radical (unpaired) electrons. The number of aromatic nitrogens is 1. The second kappa shape index (κ2) is 8.56. The third kappa shape index (κ3) is 4.24. The standard InChI is InChI=1S/C22H15Cl3N2O3/c1-12-13(22-27-18-6-2-3-8-19(18)30-22)5-4-7-17(12)26-21(28)11-29-20-10-15(24)14(23)9-16(20)25/h2-10H,11H2,1H3,(H,26,28). The smallest absolute Gasteiger partial charge is 0.262 e. The molecule has 1 amide bonds. The van der Waals surface area contributed by atoms with Crippen LogP contribution in [0.1, 0.15) is 5.56 Å². The number of nitrogens with one attached hydrogen (secondary N) is 1. The normalized spacial score (nSPS) is 10.9. The van der Waals surface area contributed by atoms with Crippen LogP contribution in [0.4, 0.5) is 5.69 Å². The summed E-state index contributed by atoms with van der Waals surface area (Å²) in [7, 11) is 0. The Morgan fingerprint density at radius 2 is 1.80 bits per heavy atom. The number of carbonyl (C=O) groups is 1. The van der Waals surface area contributed by atoms with Gasteiger partial charge in [-0.1, -0.05) is 53.0 Å². The van der Waals surface area contributed by atoms with Crippen molar-refractivity contribution >= 4 is 57.5 Å². The van der Waals surface area contributed by atoms with Gasteiger partial charge in [0.25, 0.3) is 5.91 Å². The summed E-state index contributed by atoms with van der Waals surface area (Å²) >= 11 is 17.9. The van der Waals surface area contributed by atoms with Crippen LogP contribution < -0.4 is 10.1 Å². The van der Waals surface area contributed by atoms with Gasteiger partial charge >= 0.3 is 0 Å². The first-order valence-electron chi connectivity index (χ1n) is 8.95. The summed E-state index contributed by atoms with van der Waals surface area (Å²) in [5.41, 5.74) is 3.72. The van der Waals surface area contributed by atoms with E-state index in [1.54, 1.807) is 6.07 Å². The van der Waals surface area contributed by atoms with Gasteiger partial charge in [-0.05, 0) is 42.8 Å². The number of halogens is 3. The Morgan fingerprint density at radius 3 is 2.60 bits per heavy atom. The molecule has 152 valence electrons. The zero-order valence-corrected chi connectivity index (χ0v) is 18.0. The molecule has 0 saturated heterocycles. The number of amides is 1. The molecule has 1 aromatic heterocycles. The van der Waals surface area contributed by atoms with Crippen LogP contribution in [0.2, 0.25) is 15.1 Å². The lowest BCUT2D eigenvalue weighted by Crippen LogP contribution is -2.20. The zero-order valence-electron chi connectivity index (χ0n) is 15.7. The molecule has 3 aromatic carbocycles. The molecule has 0 fully saturated rings. The minimum Gasteiger partial charge on any atom is -0.482 e. The Morgan fingerprint density at radius 1 is 1.03 bits per heavy atom. The average Bonchev–Trinajstić information content (AvgIpc) is 3.15. The number of carbonyl (C=O) groups excluding carboxylic acids is 1. The van der Waals surface area contributed by atoms with Crippen LogP contribution in [0.5, 0.6) is 5.75 Å². The van der Waals surface area contributed by atoms with Gasteiger partial charge in [-0.3, -0.25) is 4.79 Å². The van der Waals surface area contributed by atoms with Gasteiger partial charge in [0.05, 0.1) is 15.1 Å². The van der Waals surface area contributed by atoms with Crippen molar-refractivity contribution in [3.63, 3.8) is 0 Å². The Labute approximate surface area is 187 Å². The van der Waals surface area contributed by atoms with Crippen LogP contribution in [0.25, 0.3) is 22.6 Å². The molecule has 0 spiro atoms. The lowest BCUT2D eigenvalue weighted by molar-refractivity contribution is -0.118. The van der Waals surface area contributed by atoms with Crippen molar-refractivity contribution in [3.8, 4) is 17.2 Å². The van der Waals surface area contributed by atoms with Crippen LogP contribution in [-0.4, -0.2) is 17.5 Å². The van der Waals surface area contributed by atoms with Crippen LogP contribution in [-0.2, 0) is 4.79 Å². The fraction of sp³-hybridized carbons (Fsp3) is 0.0909. The molecule has 4 aromatic rings. The van der Waals surface area contributed by atoms with Gasteiger partial charge in [0.15, 0.2) is 12.2 Å². The van der Waals surface area contributed by atoms with E-state index in [0.29, 0.717) is 27.2 Å². The Balaban J connectivity index is 1.50. The third-order valence-corrected chi connectivity index (χ3v) is 5.48. The number of fused-ring (bicyclic) bond motifs is 1. The molecule has 0 saturated carbocycles. The molecule has 0 bridgehead atoms. The number of anilines is 1. The van der Waals surface area contributed by atoms with Crippen LogP contribution in [0.15, 0.2) is 59.0 Å². The molecule has 1 N–H and O–H groups in total. The molecular weight excluding hydrogens is 447 g/mol. The first-order valence-corrected chi connectivity index (χ1v) is 10.1. The molecule has 4 rings (SSSR count). The van der Waals surface area contributed by atoms with Gasteiger partial charge in [0.2, 0.25) is 5.89 Å². The van der Waals surface area contributed by atoms with Crippen molar-refractivity contribution < 1.29 is 13.9 Å². The molecule has 1 heterocycles. The Kier molecular flexibility index (Phi) is 5.86. The van der Waals surface area contributed by atoms with Crippen LogP contribution in [0, 0.1) is 6.92 Å². The predicted octanol–water partition coefficient (Wildman–Crippen LogP) is 6.78. The quantitative estimate of drug-likeness (QED) is 0.333. The lowest BCUT2D eigenvalue weighted by atomic mass is 10.1. The van der Waals surface area contributed by atoms with Crippen LogP contribution in [0.3, 0.4) is 0 Å². The van der Waals surface area contributed by atoms with E-state index in [1.165, 1.54) is 12.1 Å². The summed E-state index contributed by atoms with van der Waals surface area (Å²) < 4.78 is 11.3. The summed E-state index contributed by atoms with van der Waals surface area (Å²) in [6, 6.07) is 16.0. The second-order valence-corrected chi connectivity index (χ2v) is 7.72. The topological polar surface area (TPSA) is 64.4 Å². The van der Waals surface area contributed by atoms with Gasteiger partial charge in [-0.2, -0.15) is 0 Å². The van der Waals surface area contributed by atoms with Crippen molar-refractivity contribution in [2.45, 2.75) is 6.92 Å². The third-order valence-electron chi connectivity index (χ3n) is 4.47. The highest BCUT2D eigenvalue weighted by molar-refractivity contribution is 6.43. The van der Waals surface area contributed by atoms with Crippen molar-refractivity contribution in [2.75, 3.05) is 11.9 Å². The summed E-state index contributed by atoms with van der Waals surface area (Å²) in [4.78, 5) is 16.9. The maximum atomic E-state index is 12.4. The molecule has 0 aliphatic rings. The van der Waals surface area contributed by atoms with E-state index in [9.17, 15) is 4.79 Å². The van der Waals surface area contributed by atoms with E-state index >= 15 is 0 Å². The molecule has 5 nitrogen and oxygen atoms in total. The SMILES string of the molecule is Cc1c(NC(=O)COc2cc(Cl)c(Cl)cc2Cl)cccc1-c1nc2ccccc2o1. The summed E-state index contributed by atoms with van der Waals surface area (Å²) in [6.45, 7) is 1.64. The maximum absolute atomic E-state index is 12.4. The summed E-state index contributed by atoms with van der Waals surface area (Å²) in [5.74, 6) is 0.414. The minimum atomic E-state index is -0.352. The predicted molar refractivity (Wildman–Crippen MR) is 120 cm³/mol. The van der Waals surface area contributed by atoms with E-state index in [-0.39, 0.29) is 23.3 Å². The van der Waals surface area contributed by atoms with Gasteiger partial charge in [-0.15, -0.1) is 0 Å². The largest absolute Gasteiger partial charge is 0.482 e. The summed E-state index contributed by atoms with van der Waals surface area (Å²) in [6.07, 6.45) is 0. The molecule has 8 heteroatoms. The minimum absolute atomic E-state index is 0.246. The lowest BCUT2D eigenvalue weighted by Gasteiger charge is -2.12. The van der Waals surface area contributed by atoms with Gasteiger partial charge in [-0.25, -0.2) is 4.98 Å². The molecule has 30 heavy (non-hydrogen) atoms. The van der Waals surface area contributed by atoms with Crippen molar-refractivity contribution in [2.24, 2.45) is 0 Å². The number of hydrogen-bond acceptors (Lipinski definition) is 4. The highest BCUT2D eigenvalue weighted by atomic mass is 35.5. The average molecular weight is 462 g/mol. The number of oxazole rings is 1. The van der Waals surface area contributed by atoms with Crippen LogP contribution >= 0.6 is 34.8 Å². The highest BCUT2D eigenvalue weighted by Gasteiger charge is 2.15. The van der Waals surface area contributed by atoms with E-state index < -0.39 is 0 Å². The molecule has 0 aliphatic heterocycles. The fourth-order valence-corrected chi connectivity index (χ4v) is 3.53. The Bertz CT molecular complexity index is 1220. The Hall–Kier alpha value is -2.73. The van der Waals surface area contributed by atoms with Crippen molar-refractivity contribution in [1.29, 1.82) is 0 Å². The zero-order chi connectivity index (χ0) is 21.3. The van der Waals surface area contributed by atoms with Crippen molar-refractivity contribution in [1.82, 2.24) is 4.98 Å². The molecular formula is C22H15Cl3N2O3. The first-order chi connectivity index (χ1) is 14.4. The monoisotopic (exact) mass is 460 g/mol. The first kappa shape index (κ1) is 20.5. The van der Waals surface area contributed by atoms with Crippen molar-refractivity contribution in [3.05, 3.63) is 75.2 Å². The van der Waals surface area contributed by atoms with Gasteiger partial charge in [0.1, 0.15) is 11.3 Å². The molecule has 0 aliphatic carbocycles. The van der Waals surface area contributed by atoms with E-state index in [4.69, 9.17) is 44.0 Å². The molecule has 0 atom stereocenters. The maximum Gasteiger partial charge on any atom is 0.262 e. The molecule has 0 unspecified atom stereocenters. The van der Waals surface area contributed by atoms with Gasteiger partial charge < -0.3 is 14.5 Å². The number of ether oxygens (including phenoxy) is 1. The summed E-state index contributed by atoms with van der Waals surface area (Å²) in [5, 5.41) is 3.70. The number of rotatable bonds is 5. The number of nitrogens with zero attached hydrogens (tertiary/aromatic N) is 1. The number of benzene rings is 3. The van der Waals surface area contributed by atoms with E-state index in [1.807, 2.05) is 43.3 Å².